The van der Waals surface area contributed by atoms with Crippen LogP contribution in [0.5, 0.6) is 17.2 Å². The van der Waals surface area contributed by atoms with Gasteiger partial charge < -0.3 is 9.47 Å². The summed E-state index contributed by atoms with van der Waals surface area (Å²) in [4.78, 5) is 18.0. The van der Waals surface area contributed by atoms with Gasteiger partial charge >= 0.3 is 0 Å². The molecule has 146 valence electrons. The van der Waals surface area contributed by atoms with Crippen LogP contribution in [-0.4, -0.2) is 16.7 Å². The van der Waals surface area contributed by atoms with Crippen molar-refractivity contribution in [3.05, 3.63) is 92.0 Å². The summed E-state index contributed by atoms with van der Waals surface area (Å²) in [6.45, 7) is 2.30. The molecule has 0 N–H and O–H groups in total. The Kier molecular flexibility index (Phi) is 5.53. The van der Waals surface area contributed by atoms with Gasteiger partial charge in [0.2, 0.25) is 0 Å². The average Bonchev–Trinajstić information content (AvgIpc) is 2.73. The van der Waals surface area contributed by atoms with E-state index in [1.54, 1.807) is 17.7 Å². The number of aryl methyl sites for hydroxylation is 1. The van der Waals surface area contributed by atoms with Crippen LogP contribution < -0.4 is 15.0 Å². The van der Waals surface area contributed by atoms with E-state index in [1.165, 1.54) is 0 Å². The Hall–Kier alpha value is -2.87. The van der Waals surface area contributed by atoms with Crippen molar-refractivity contribution in [3.63, 3.8) is 0 Å². The quantitative estimate of drug-likeness (QED) is 0.357. The summed E-state index contributed by atoms with van der Waals surface area (Å²) < 4.78 is 13.7. The molecule has 0 bridgehead atoms. The Labute approximate surface area is 182 Å². The number of hydrogen-bond acceptors (Lipinski definition) is 4. The molecular formula is C23H19IN2O3. The molecule has 0 atom stereocenters. The molecule has 0 amide bonds. The molecular weight excluding hydrogens is 479 g/mol. The summed E-state index contributed by atoms with van der Waals surface area (Å²) in [5.41, 5.74) is 1.61. The first-order chi connectivity index (χ1) is 14.0. The largest absolute Gasteiger partial charge is 0.497 e. The molecule has 6 heteroatoms. The maximum atomic E-state index is 13.3. The van der Waals surface area contributed by atoms with Crippen LogP contribution in [0.15, 0.2) is 71.5 Å². The van der Waals surface area contributed by atoms with Crippen LogP contribution in [-0.2, 0) is 6.54 Å². The molecule has 4 aromatic rings. The molecule has 0 radical (unpaired) electrons. The fourth-order valence-electron chi connectivity index (χ4n) is 3.15. The van der Waals surface area contributed by atoms with Gasteiger partial charge in [-0.2, -0.15) is 0 Å². The topological polar surface area (TPSA) is 53.4 Å². The molecule has 29 heavy (non-hydrogen) atoms. The van der Waals surface area contributed by atoms with Gasteiger partial charge in [-0.25, -0.2) is 4.98 Å². The molecule has 0 saturated heterocycles. The van der Waals surface area contributed by atoms with Crippen LogP contribution in [0.1, 0.15) is 11.4 Å². The van der Waals surface area contributed by atoms with Gasteiger partial charge in [-0.05, 0) is 71.5 Å². The fourth-order valence-corrected chi connectivity index (χ4v) is 3.87. The first kappa shape index (κ1) is 19.4. The van der Waals surface area contributed by atoms with E-state index in [0.717, 1.165) is 20.6 Å². The average molecular weight is 498 g/mol. The van der Waals surface area contributed by atoms with Crippen molar-refractivity contribution in [2.24, 2.45) is 0 Å². The highest BCUT2D eigenvalue weighted by atomic mass is 127. The van der Waals surface area contributed by atoms with Crippen molar-refractivity contribution in [1.82, 2.24) is 9.55 Å². The molecule has 4 rings (SSSR count). The van der Waals surface area contributed by atoms with Gasteiger partial charge in [-0.15, -0.1) is 0 Å². The Balaban J connectivity index is 1.76. The molecule has 3 aromatic carbocycles. The van der Waals surface area contributed by atoms with Gasteiger partial charge in [0.15, 0.2) is 0 Å². The lowest BCUT2D eigenvalue weighted by molar-refractivity contribution is 0.414. The number of rotatable bonds is 5. The summed E-state index contributed by atoms with van der Waals surface area (Å²) in [5, 5.41) is 0.543. The zero-order valence-corrected chi connectivity index (χ0v) is 18.2. The maximum Gasteiger partial charge on any atom is 0.261 e. The predicted octanol–water partition coefficient (Wildman–Crippen LogP) is 5.16. The van der Waals surface area contributed by atoms with Gasteiger partial charge in [0.1, 0.15) is 23.1 Å². The number of ether oxygens (including phenoxy) is 2. The highest BCUT2D eigenvalue weighted by Crippen LogP contribution is 2.27. The number of nitrogens with zero attached hydrogens (tertiary/aromatic N) is 2. The second kappa shape index (κ2) is 8.24. The van der Waals surface area contributed by atoms with E-state index >= 15 is 0 Å². The van der Waals surface area contributed by atoms with Gasteiger partial charge in [-0.3, -0.25) is 9.36 Å². The van der Waals surface area contributed by atoms with Crippen LogP contribution in [0, 0.1) is 10.5 Å². The van der Waals surface area contributed by atoms with Crippen molar-refractivity contribution in [1.29, 1.82) is 0 Å². The van der Waals surface area contributed by atoms with E-state index in [2.05, 4.69) is 27.6 Å². The van der Waals surface area contributed by atoms with Crippen molar-refractivity contribution in [2.45, 2.75) is 13.5 Å². The Morgan fingerprint density at radius 2 is 1.69 bits per heavy atom. The highest BCUT2D eigenvalue weighted by molar-refractivity contribution is 14.1. The van der Waals surface area contributed by atoms with Crippen molar-refractivity contribution in [3.8, 4) is 17.2 Å². The Morgan fingerprint density at radius 3 is 2.38 bits per heavy atom. The molecule has 1 heterocycles. The van der Waals surface area contributed by atoms with Crippen LogP contribution >= 0.6 is 22.6 Å². The van der Waals surface area contributed by atoms with E-state index in [1.807, 2.05) is 67.6 Å². The number of halogens is 1. The normalized spacial score (nSPS) is 10.9. The second-order valence-corrected chi connectivity index (χ2v) is 7.78. The number of methoxy groups -OCH3 is 1. The SMILES string of the molecule is COc1ccc(Cn2c(C)nc3c(I)cc(Oc4ccccc4)cc3c2=O)cc1. The maximum absolute atomic E-state index is 13.3. The van der Waals surface area contributed by atoms with Crippen molar-refractivity contribution in [2.75, 3.05) is 7.11 Å². The summed E-state index contributed by atoms with van der Waals surface area (Å²) >= 11 is 2.20. The minimum Gasteiger partial charge on any atom is -0.497 e. The number of para-hydroxylation sites is 1. The fraction of sp³-hybridized carbons (Fsp3) is 0.130. The first-order valence-corrected chi connectivity index (χ1v) is 10.2. The number of benzene rings is 3. The third-order valence-electron chi connectivity index (χ3n) is 4.66. The van der Waals surface area contributed by atoms with Crippen LogP contribution in [0.3, 0.4) is 0 Å². The summed E-state index contributed by atoms with van der Waals surface area (Å²) in [6, 6.07) is 20.9. The third kappa shape index (κ3) is 4.12. The minimum absolute atomic E-state index is 0.0836. The zero-order chi connectivity index (χ0) is 20.4. The molecule has 0 aliphatic rings. The number of aromatic nitrogens is 2. The van der Waals surface area contributed by atoms with Crippen LogP contribution in [0.25, 0.3) is 10.9 Å². The van der Waals surface area contributed by atoms with E-state index < -0.39 is 0 Å². The Bertz CT molecular complexity index is 1220. The van der Waals surface area contributed by atoms with Gasteiger partial charge in [0, 0.05) is 3.57 Å². The summed E-state index contributed by atoms with van der Waals surface area (Å²) in [7, 11) is 1.63. The molecule has 0 fully saturated rings. The highest BCUT2D eigenvalue weighted by Gasteiger charge is 2.13. The Morgan fingerprint density at radius 1 is 0.966 bits per heavy atom. The number of fused-ring (bicyclic) bond motifs is 1. The lowest BCUT2D eigenvalue weighted by Gasteiger charge is -2.13. The van der Waals surface area contributed by atoms with Crippen LogP contribution in [0.2, 0.25) is 0 Å². The smallest absolute Gasteiger partial charge is 0.261 e. The van der Waals surface area contributed by atoms with Crippen LogP contribution in [0.4, 0.5) is 0 Å². The molecule has 0 spiro atoms. The monoisotopic (exact) mass is 498 g/mol. The summed E-state index contributed by atoms with van der Waals surface area (Å²) in [6.07, 6.45) is 0. The first-order valence-electron chi connectivity index (χ1n) is 9.11. The molecule has 0 saturated carbocycles. The van der Waals surface area contributed by atoms with Crippen molar-refractivity contribution >= 4 is 33.5 Å². The van der Waals surface area contributed by atoms with Gasteiger partial charge in [0.25, 0.3) is 5.56 Å². The van der Waals surface area contributed by atoms with E-state index in [-0.39, 0.29) is 5.56 Å². The van der Waals surface area contributed by atoms with Crippen molar-refractivity contribution < 1.29 is 9.47 Å². The molecule has 0 aliphatic heterocycles. The predicted molar refractivity (Wildman–Crippen MR) is 122 cm³/mol. The second-order valence-electron chi connectivity index (χ2n) is 6.61. The lowest BCUT2D eigenvalue weighted by Crippen LogP contribution is -2.24. The molecule has 0 unspecified atom stereocenters. The van der Waals surface area contributed by atoms with E-state index in [0.29, 0.717) is 29.0 Å². The lowest BCUT2D eigenvalue weighted by atomic mass is 10.2. The number of hydrogen-bond donors (Lipinski definition) is 0. The van der Waals surface area contributed by atoms with E-state index in [9.17, 15) is 4.79 Å². The van der Waals surface area contributed by atoms with Gasteiger partial charge in [-0.1, -0.05) is 30.3 Å². The molecule has 1 aromatic heterocycles. The standard InChI is InChI=1S/C23H19IN2O3/c1-15-25-22-20(12-19(13-21(22)24)29-18-6-4-3-5-7-18)23(27)26(15)14-16-8-10-17(28-2)11-9-16/h3-13H,14H2,1-2H3. The van der Waals surface area contributed by atoms with Gasteiger partial charge in [0.05, 0.1) is 24.6 Å². The zero-order valence-electron chi connectivity index (χ0n) is 16.1. The molecule has 5 nitrogen and oxygen atoms in total. The minimum atomic E-state index is -0.0836. The molecule has 0 aliphatic carbocycles. The summed E-state index contributed by atoms with van der Waals surface area (Å²) in [5.74, 6) is 2.80. The third-order valence-corrected chi connectivity index (χ3v) is 5.48. The van der Waals surface area contributed by atoms with E-state index in [4.69, 9.17) is 9.47 Å².